The number of anilines is 4. The molecule has 0 aliphatic carbocycles. The number of aromatic nitrogens is 2. The highest BCUT2D eigenvalue weighted by Crippen LogP contribution is 2.29. The number of aryl methyl sites for hydroxylation is 2. The summed E-state index contributed by atoms with van der Waals surface area (Å²) in [5, 5.41) is 6.25. The maximum absolute atomic E-state index is 12.8. The van der Waals surface area contributed by atoms with E-state index in [4.69, 9.17) is 24.7 Å². The van der Waals surface area contributed by atoms with Crippen LogP contribution in [0, 0.1) is 13.8 Å². The summed E-state index contributed by atoms with van der Waals surface area (Å²) in [6, 6.07) is 10.0. The van der Waals surface area contributed by atoms with Crippen molar-refractivity contribution in [2.45, 2.75) is 32.1 Å². The summed E-state index contributed by atoms with van der Waals surface area (Å²) in [5.74, 6) is 0.114. The van der Waals surface area contributed by atoms with Gasteiger partial charge in [0.2, 0.25) is 16.0 Å². The Hall–Kier alpha value is -3.18. The molecule has 0 aliphatic rings. The van der Waals surface area contributed by atoms with Crippen LogP contribution in [0.25, 0.3) is 0 Å². The van der Waals surface area contributed by atoms with Crippen molar-refractivity contribution in [3.63, 3.8) is 0 Å². The number of rotatable bonds is 21. The predicted octanol–water partition coefficient (Wildman–Crippen LogP) is 4.20. The fraction of sp³-hybridized carbons (Fsp3) is 0.433. The van der Waals surface area contributed by atoms with E-state index in [1.54, 1.807) is 50.4 Å². The Bertz CT molecular complexity index is 1510. The van der Waals surface area contributed by atoms with Gasteiger partial charge in [0.25, 0.3) is 5.91 Å². The van der Waals surface area contributed by atoms with Crippen molar-refractivity contribution in [3.8, 4) is 0 Å². The van der Waals surface area contributed by atoms with Crippen LogP contribution in [0.4, 0.5) is 23.1 Å². The first-order chi connectivity index (χ1) is 21.6. The smallest absolute Gasteiger partial charge is 0.251 e. The molecule has 0 unspecified atom stereocenters. The van der Waals surface area contributed by atoms with Gasteiger partial charge in [-0.2, -0.15) is 4.98 Å². The Balaban J connectivity index is 1.46. The first-order valence-corrected chi connectivity index (χ1v) is 16.8. The fourth-order valence-corrected chi connectivity index (χ4v) is 5.43. The van der Waals surface area contributed by atoms with Gasteiger partial charge in [0, 0.05) is 25.0 Å². The van der Waals surface area contributed by atoms with Crippen molar-refractivity contribution >= 4 is 55.0 Å². The van der Waals surface area contributed by atoms with E-state index in [1.807, 2.05) is 0 Å². The highest BCUT2D eigenvalue weighted by atomic mass is 79.9. The van der Waals surface area contributed by atoms with Crippen LogP contribution in [0.2, 0.25) is 0 Å². The van der Waals surface area contributed by atoms with Gasteiger partial charge in [0.05, 0.1) is 66.9 Å². The van der Waals surface area contributed by atoms with Gasteiger partial charge in [-0.05, 0) is 71.6 Å². The minimum atomic E-state index is -3.75. The minimum absolute atomic E-state index is 0.114. The number of carbonyl (C=O) groups excluding carboxylic acids is 1. The fourth-order valence-electron chi connectivity index (χ4n) is 4.04. The van der Waals surface area contributed by atoms with Crippen LogP contribution in [0.15, 0.2) is 52.0 Å². The molecule has 0 atom stereocenters. The number of carbonyl (C=O) groups is 1. The van der Waals surface area contributed by atoms with Crippen molar-refractivity contribution in [2.24, 2.45) is 5.73 Å². The highest BCUT2D eigenvalue weighted by molar-refractivity contribution is 9.10. The molecule has 45 heavy (non-hydrogen) atoms. The molecule has 246 valence electrons. The molecule has 2 aromatic carbocycles. The maximum Gasteiger partial charge on any atom is 0.251 e. The minimum Gasteiger partial charge on any atom is -0.379 e. The zero-order valence-electron chi connectivity index (χ0n) is 25.7. The van der Waals surface area contributed by atoms with E-state index in [0.717, 1.165) is 18.6 Å². The first kappa shape index (κ1) is 36.3. The molecule has 0 bridgehead atoms. The molecule has 3 aromatic rings. The molecule has 13 nitrogen and oxygen atoms in total. The second-order valence-electron chi connectivity index (χ2n) is 9.83. The van der Waals surface area contributed by atoms with Crippen molar-refractivity contribution in [1.29, 1.82) is 0 Å². The number of sulfonamides is 1. The number of nitrogens with one attached hydrogen (secondary N) is 3. The number of halogens is 1. The summed E-state index contributed by atoms with van der Waals surface area (Å²) >= 11 is 3.43. The first-order valence-electron chi connectivity index (χ1n) is 14.5. The van der Waals surface area contributed by atoms with Crippen LogP contribution in [-0.4, -0.2) is 83.7 Å². The third kappa shape index (κ3) is 11.9. The molecule has 5 N–H and O–H groups in total. The van der Waals surface area contributed by atoms with Gasteiger partial charge in [0.1, 0.15) is 5.82 Å². The Morgan fingerprint density at radius 2 is 1.51 bits per heavy atom. The van der Waals surface area contributed by atoms with E-state index >= 15 is 0 Å². The van der Waals surface area contributed by atoms with Crippen molar-refractivity contribution in [3.05, 3.63) is 63.8 Å². The number of ether oxygens (including phenoxy) is 4. The summed E-state index contributed by atoms with van der Waals surface area (Å²) in [4.78, 5) is 20.9. The molecule has 1 heterocycles. The number of benzene rings is 2. The molecule has 0 fully saturated rings. The van der Waals surface area contributed by atoms with Gasteiger partial charge in [-0.3, -0.25) is 4.79 Å². The molecule has 3 rings (SSSR count). The Kier molecular flexibility index (Phi) is 15.1. The average molecular weight is 710 g/mol. The lowest BCUT2D eigenvalue weighted by molar-refractivity contribution is -0.00109. The van der Waals surface area contributed by atoms with Gasteiger partial charge < -0.3 is 35.3 Å². The van der Waals surface area contributed by atoms with E-state index in [2.05, 4.69) is 48.2 Å². The van der Waals surface area contributed by atoms with Gasteiger partial charge in [0.15, 0.2) is 0 Å². The summed E-state index contributed by atoms with van der Waals surface area (Å²) in [6.07, 6.45) is 2.55. The van der Waals surface area contributed by atoms with E-state index in [1.165, 1.54) is 6.07 Å². The second-order valence-corrected chi connectivity index (χ2v) is 12.4. The zero-order chi connectivity index (χ0) is 32.7. The Morgan fingerprint density at radius 3 is 2.13 bits per heavy atom. The van der Waals surface area contributed by atoms with Gasteiger partial charge in [-0.25, -0.2) is 18.1 Å². The van der Waals surface area contributed by atoms with Crippen LogP contribution in [0.3, 0.4) is 0 Å². The van der Waals surface area contributed by atoms with Crippen molar-refractivity contribution < 1.29 is 32.2 Å². The maximum atomic E-state index is 12.8. The summed E-state index contributed by atoms with van der Waals surface area (Å²) < 4.78 is 50.4. The molecule has 0 saturated heterocycles. The monoisotopic (exact) mass is 708 g/mol. The molecule has 0 spiro atoms. The summed E-state index contributed by atoms with van der Waals surface area (Å²) in [5.41, 5.74) is 8.47. The molecule has 0 saturated carbocycles. The van der Waals surface area contributed by atoms with Crippen molar-refractivity contribution in [1.82, 2.24) is 14.7 Å². The normalized spacial score (nSPS) is 11.5. The lowest BCUT2D eigenvalue weighted by Gasteiger charge is -2.15. The number of nitrogens with zero attached hydrogens (tertiary/aromatic N) is 2. The molecule has 1 aromatic heterocycles. The van der Waals surface area contributed by atoms with Crippen LogP contribution in [0.1, 0.15) is 34.8 Å². The van der Waals surface area contributed by atoms with Gasteiger partial charge in [-0.1, -0.05) is 19.1 Å². The highest BCUT2D eigenvalue weighted by Gasteiger charge is 2.17. The van der Waals surface area contributed by atoms with E-state index < -0.39 is 15.9 Å². The van der Waals surface area contributed by atoms with E-state index in [0.29, 0.717) is 72.4 Å². The summed E-state index contributed by atoms with van der Waals surface area (Å²) in [6.45, 7) is 9.44. The molecule has 15 heteroatoms. The number of primary amides is 1. The van der Waals surface area contributed by atoms with Crippen LogP contribution >= 0.6 is 15.9 Å². The van der Waals surface area contributed by atoms with E-state index in [9.17, 15) is 13.2 Å². The summed E-state index contributed by atoms with van der Waals surface area (Å²) in [7, 11) is -3.75. The molecule has 0 aliphatic heterocycles. The standard InChI is InChI=1S/C30H41BrN6O7S/c1-4-11-41-13-15-43-17-18-44-16-14-42-12-10-34-45(39,40)23-8-9-25(22(3)19-23)36-30-33-20-24(31)29(37-30)35-26-7-5-6-21(2)27(26)28(32)38/h5-9,19-20,34H,4,10-18H2,1-3H3,(H2,32,38)(H2,33,35,36,37). The quantitative estimate of drug-likeness (QED) is 0.117. The number of hydrogen-bond donors (Lipinski definition) is 4. The average Bonchev–Trinajstić information content (AvgIpc) is 2.99. The molecular weight excluding hydrogens is 668 g/mol. The van der Waals surface area contributed by atoms with E-state index in [-0.39, 0.29) is 24.0 Å². The molecule has 0 radical (unpaired) electrons. The van der Waals surface area contributed by atoms with Crippen LogP contribution in [-0.2, 0) is 29.0 Å². The third-order valence-corrected chi connectivity index (χ3v) is 8.31. The SMILES string of the molecule is CCCOCCOCCOCCOCCNS(=O)(=O)c1ccc(Nc2ncc(Br)c(Nc3cccc(C)c3C(N)=O)n2)c(C)c1. The number of nitrogens with two attached hydrogens (primary N) is 1. The Morgan fingerprint density at radius 1 is 0.867 bits per heavy atom. The lowest BCUT2D eigenvalue weighted by atomic mass is 10.1. The second kappa shape index (κ2) is 18.7. The predicted molar refractivity (Wildman–Crippen MR) is 176 cm³/mol. The molecule has 1 amide bonds. The Labute approximate surface area is 272 Å². The van der Waals surface area contributed by atoms with Crippen LogP contribution in [0.5, 0.6) is 0 Å². The molecular formula is C30H41BrN6O7S. The largest absolute Gasteiger partial charge is 0.379 e. The van der Waals surface area contributed by atoms with Crippen molar-refractivity contribution in [2.75, 3.05) is 70.0 Å². The number of hydrogen-bond acceptors (Lipinski definition) is 11. The third-order valence-electron chi connectivity index (χ3n) is 6.27. The lowest BCUT2D eigenvalue weighted by Crippen LogP contribution is -2.28. The van der Waals surface area contributed by atoms with Gasteiger partial charge in [-0.15, -0.1) is 0 Å². The zero-order valence-corrected chi connectivity index (χ0v) is 28.1. The van der Waals surface area contributed by atoms with Gasteiger partial charge >= 0.3 is 0 Å². The number of amides is 1. The topological polar surface area (TPSA) is 176 Å². The van der Waals surface area contributed by atoms with Crippen LogP contribution < -0.4 is 21.1 Å².